The van der Waals surface area contributed by atoms with Crippen molar-refractivity contribution in [1.82, 2.24) is 0 Å². The lowest BCUT2D eigenvalue weighted by Crippen LogP contribution is -2.13. The Labute approximate surface area is 141 Å². The normalized spacial score (nSPS) is 12.4. The van der Waals surface area contributed by atoms with Gasteiger partial charge in [0.05, 0.1) is 6.10 Å². The number of aliphatic hydroxyl groups is 1. The van der Waals surface area contributed by atoms with Crippen LogP contribution in [0.4, 0.5) is 0 Å². The third-order valence-corrected chi connectivity index (χ3v) is 4.98. The van der Waals surface area contributed by atoms with Gasteiger partial charge in [0.1, 0.15) is 0 Å². The molecular weight excluding hydrogens is 379 g/mol. The Morgan fingerprint density at radius 1 is 1.10 bits per heavy atom. The van der Waals surface area contributed by atoms with Crippen LogP contribution in [0.2, 0.25) is 10.0 Å². The van der Waals surface area contributed by atoms with E-state index in [1.165, 1.54) is 0 Å². The van der Waals surface area contributed by atoms with Crippen LogP contribution in [-0.2, 0) is 6.42 Å². The molecule has 2 aromatic rings. The molecule has 20 heavy (non-hydrogen) atoms. The summed E-state index contributed by atoms with van der Waals surface area (Å²) in [4.78, 5) is 1.09. The molecular formula is C15H13BrCl2OS. The summed E-state index contributed by atoms with van der Waals surface area (Å²) in [6, 6.07) is 13.3. The Kier molecular flexibility index (Phi) is 6.24. The van der Waals surface area contributed by atoms with E-state index in [1.807, 2.05) is 42.5 Å². The van der Waals surface area contributed by atoms with E-state index in [0.717, 1.165) is 20.0 Å². The van der Waals surface area contributed by atoms with E-state index in [0.29, 0.717) is 17.2 Å². The van der Waals surface area contributed by atoms with Gasteiger partial charge in [-0.05, 0) is 42.0 Å². The third kappa shape index (κ3) is 4.97. The predicted molar refractivity (Wildman–Crippen MR) is 91.0 cm³/mol. The summed E-state index contributed by atoms with van der Waals surface area (Å²) in [5, 5.41) is 11.5. The largest absolute Gasteiger partial charge is 0.392 e. The molecule has 2 aromatic carbocycles. The third-order valence-electron chi connectivity index (χ3n) is 2.73. The molecule has 1 unspecified atom stereocenters. The van der Waals surface area contributed by atoms with Crippen LogP contribution in [0.1, 0.15) is 5.56 Å². The second kappa shape index (κ2) is 7.71. The first-order valence-corrected chi connectivity index (χ1v) is 8.58. The minimum Gasteiger partial charge on any atom is -0.392 e. The van der Waals surface area contributed by atoms with Gasteiger partial charge >= 0.3 is 0 Å². The minimum absolute atomic E-state index is 0.436. The van der Waals surface area contributed by atoms with E-state index in [1.54, 1.807) is 11.8 Å². The van der Waals surface area contributed by atoms with Gasteiger partial charge in [0, 0.05) is 31.6 Å². The van der Waals surface area contributed by atoms with Gasteiger partial charge in [-0.15, -0.1) is 11.8 Å². The monoisotopic (exact) mass is 390 g/mol. The predicted octanol–water partition coefficient (Wildman–Crippen LogP) is 5.45. The van der Waals surface area contributed by atoms with Gasteiger partial charge in [0.15, 0.2) is 0 Å². The summed E-state index contributed by atoms with van der Waals surface area (Å²) < 4.78 is 0.941. The standard InChI is InChI=1S/C15H13BrCl2OS/c16-11-2-1-10(15(18)8-11)7-13(19)9-20-14-5-3-12(17)4-6-14/h1-6,8,13,19H,7,9H2. The number of rotatable bonds is 5. The molecule has 0 saturated heterocycles. The van der Waals surface area contributed by atoms with Crippen molar-refractivity contribution in [2.75, 3.05) is 5.75 Å². The Morgan fingerprint density at radius 3 is 2.45 bits per heavy atom. The van der Waals surface area contributed by atoms with Crippen LogP contribution in [0, 0.1) is 0 Å². The van der Waals surface area contributed by atoms with Gasteiger partial charge in [-0.2, -0.15) is 0 Å². The van der Waals surface area contributed by atoms with E-state index >= 15 is 0 Å². The molecule has 0 aliphatic rings. The van der Waals surface area contributed by atoms with Crippen LogP contribution in [-0.4, -0.2) is 17.0 Å². The topological polar surface area (TPSA) is 20.2 Å². The molecule has 0 spiro atoms. The molecule has 2 rings (SSSR count). The van der Waals surface area contributed by atoms with Crippen molar-refractivity contribution in [2.45, 2.75) is 17.4 Å². The number of hydrogen-bond donors (Lipinski definition) is 1. The average Bonchev–Trinajstić information content (AvgIpc) is 2.41. The summed E-state index contributed by atoms with van der Waals surface area (Å²) in [5.41, 5.74) is 0.957. The van der Waals surface area contributed by atoms with Gasteiger partial charge in [-0.3, -0.25) is 0 Å². The van der Waals surface area contributed by atoms with Crippen molar-refractivity contribution >= 4 is 50.9 Å². The van der Waals surface area contributed by atoms with Gasteiger partial charge < -0.3 is 5.11 Å². The first-order valence-electron chi connectivity index (χ1n) is 6.05. The Bertz CT molecular complexity index is 575. The van der Waals surface area contributed by atoms with Crippen LogP contribution in [0.15, 0.2) is 51.8 Å². The lowest BCUT2D eigenvalue weighted by atomic mass is 10.1. The second-order valence-corrected chi connectivity index (χ2v) is 7.21. The second-order valence-electron chi connectivity index (χ2n) is 4.36. The van der Waals surface area contributed by atoms with Crippen LogP contribution in [0.3, 0.4) is 0 Å². The maximum absolute atomic E-state index is 10.1. The highest BCUT2D eigenvalue weighted by Crippen LogP contribution is 2.25. The zero-order chi connectivity index (χ0) is 14.5. The molecule has 0 aromatic heterocycles. The lowest BCUT2D eigenvalue weighted by molar-refractivity contribution is 0.200. The number of hydrogen-bond acceptors (Lipinski definition) is 2. The van der Waals surface area contributed by atoms with Gasteiger partial charge in [0.2, 0.25) is 0 Å². The molecule has 0 bridgehead atoms. The molecule has 0 aliphatic carbocycles. The number of benzene rings is 2. The summed E-state index contributed by atoms with van der Waals surface area (Å²) in [6.07, 6.45) is 0.113. The fourth-order valence-electron chi connectivity index (χ4n) is 1.72. The highest BCUT2D eigenvalue weighted by atomic mass is 79.9. The average molecular weight is 392 g/mol. The van der Waals surface area contributed by atoms with Gasteiger partial charge in [0.25, 0.3) is 0 Å². The first-order chi connectivity index (χ1) is 9.54. The summed E-state index contributed by atoms with van der Waals surface area (Å²) in [6.45, 7) is 0. The summed E-state index contributed by atoms with van der Waals surface area (Å²) in [5.74, 6) is 0.619. The van der Waals surface area contributed by atoms with Crippen LogP contribution in [0.25, 0.3) is 0 Å². The van der Waals surface area contributed by atoms with Gasteiger partial charge in [-0.25, -0.2) is 0 Å². The quantitative estimate of drug-likeness (QED) is 0.683. The molecule has 1 nitrogen and oxygen atoms in total. The first kappa shape index (κ1) is 16.2. The highest BCUT2D eigenvalue weighted by molar-refractivity contribution is 9.10. The molecule has 0 aliphatic heterocycles. The Hall–Kier alpha value is -0.190. The van der Waals surface area contributed by atoms with Crippen molar-refractivity contribution < 1.29 is 5.11 Å². The van der Waals surface area contributed by atoms with E-state index in [-0.39, 0.29) is 0 Å². The minimum atomic E-state index is -0.436. The van der Waals surface area contributed by atoms with Crippen molar-refractivity contribution in [3.63, 3.8) is 0 Å². The molecule has 106 valence electrons. The van der Waals surface area contributed by atoms with E-state index < -0.39 is 6.10 Å². The number of thioether (sulfide) groups is 1. The molecule has 1 N–H and O–H groups in total. The zero-order valence-corrected chi connectivity index (χ0v) is 14.4. The molecule has 0 saturated carbocycles. The maximum Gasteiger partial charge on any atom is 0.0674 e. The number of halogens is 3. The highest BCUT2D eigenvalue weighted by Gasteiger charge is 2.09. The molecule has 0 radical (unpaired) electrons. The maximum atomic E-state index is 10.1. The van der Waals surface area contributed by atoms with E-state index in [4.69, 9.17) is 23.2 Å². The zero-order valence-electron chi connectivity index (χ0n) is 10.5. The van der Waals surface area contributed by atoms with Crippen molar-refractivity contribution in [2.24, 2.45) is 0 Å². The molecule has 0 amide bonds. The molecule has 5 heteroatoms. The summed E-state index contributed by atoms with van der Waals surface area (Å²) in [7, 11) is 0. The molecule has 0 fully saturated rings. The van der Waals surface area contributed by atoms with Crippen LogP contribution < -0.4 is 0 Å². The van der Waals surface area contributed by atoms with Crippen molar-refractivity contribution in [1.29, 1.82) is 0 Å². The fourth-order valence-corrected chi connectivity index (χ4v) is 3.43. The van der Waals surface area contributed by atoms with Crippen molar-refractivity contribution in [3.8, 4) is 0 Å². The number of aliphatic hydroxyl groups excluding tert-OH is 1. The van der Waals surface area contributed by atoms with Gasteiger partial charge in [-0.1, -0.05) is 45.2 Å². The van der Waals surface area contributed by atoms with Crippen molar-refractivity contribution in [3.05, 3.63) is 62.5 Å². The summed E-state index contributed by atoms with van der Waals surface area (Å²) >= 11 is 17.0. The molecule has 1 atom stereocenters. The lowest BCUT2D eigenvalue weighted by Gasteiger charge is -2.12. The Balaban J connectivity index is 1.89. The smallest absolute Gasteiger partial charge is 0.0674 e. The van der Waals surface area contributed by atoms with Crippen LogP contribution >= 0.6 is 50.9 Å². The van der Waals surface area contributed by atoms with E-state index in [2.05, 4.69) is 15.9 Å². The van der Waals surface area contributed by atoms with Crippen LogP contribution in [0.5, 0.6) is 0 Å². The van der Waals surface area contributed by atoms with E-state index in [9.17, 15) is 5.11 Å². The fraction of sp³-hybridized carbons (Fsp3) is 0.200. The SMILES string of the molecule is OC(CSc1ccc(Cl)cc1)Cc1ccc(Br)cc1Cl. The Morgan fingerprint density at radius 2 is 1.80 bits per heavy atom. The molecule has 0 heterocycles.